The van der Waals surface area contributed by atoms with Crippen LogP contribution in [-0.4, -0.2) is 33.4 Å². The lowest BCUT2D eigenvalue weighted by atomic mass is 9.95. The van der Waals surface area contributed by atoms with Crippen molar-refractivity contribution in [3.63, 3.8) is 0 Å². The van der Waals surface area contributed by atoms with Crippen molar-refractivity contribution in [2.24, 2.45) is 0 Å². The molecular weight excluding hydrogens is 496 g/mol. The predicted octanol–water partition coefficient (Wildman–Crippen LogP) is 6.64. The summed E-state index contributed by atoms with van der Waals surface area (Å²) in [5, 5.41) is 9.32. The van der Waals surface area contributed by atoms with Crippen molar-refractivity contribution in [1.82, 2.24) is 14.8 Å². The fourth-order valence-electron chi connectivity index (χ4n) is 3.88. The molecule has 0 saturated heterocycles. The molecule has 190 valence electrons. The molecule has 3 aromatic rings. The lowest BCUT2D eigenvalue weighted by molar-refractivity contribution is -0.143. The summed E-state index contributed by atoms with van der Waals surface area (Å²) >= 11 is 7.81. The highest BCUT2D eigenvalue weighted by Gasteiger charge is 2.35. The zero-order valence-electron chi connectivity index (χ0n) is 21.0. The molecule has 0 aliphatic carbocycles. The number of thioether (sulfide) groups is 1. The van der Waals surface area contributed by atoms with Crippen LogP contribution in [0.2, 0.25) is 5.02 Å². The molecule has 1 aliphatic heterocycles. The molecule has 1 N–H and O–H groups in total. The van der Waals surface area contributed by atoms with E-state index in [2.05, 4.69) is 12.2 Å². The summed E-state index contributed by atoms with van der Waals surface area (Å²) in [5.74, 6) is 1.62. The van der Waals surface area contributed by atoms with E-state index in [1.807, 2.05) is 69.3 Å². The van der Waals surface area contributed by atoms with E-state index in [4.69, 9.17) is 31.2 Å². The quantitative estimate of drug-likeness (QED) is 0.180. The first-order chi connectivity index (χ1) is 17.4. The van der Waals surface area contributed by atoms with E-state index in [0.29, 0.717) is 39.8 Å². The largest absolute Gasteiger partial charge is 0.494 e. The number of carbonyl (C=O) groups excluding carboxylic acids is 1. The summed E-state index contributed by atoms with van der Waals surface area (Å²) in [4.78, 5) is 17.9. The van der Waals surface area contributed by atoms with Crippen LogP contribution < -0.4 is 10.1 Å². The van der Waals surface area contributed by atoms with Crippen LogP contribution in [0.5, 0.6) is 5.75 Å². The van der Waals surface area contributed by atoms with Crippen molar-refractivity contribution < 1.29 is 14.3 Å². The van der Waals surface area contributed by atoms with Crippen LogP contribution in [-0.2, 0) is 15.3 Å². The van der Waals surface area contributed by atoms with Crippen LogP contribution in [0.1, 0.15) is 57.7 Å². The van der Waals surface area contributed by atoms with Crippen molar-refractivity contribution in [3.8, 4) is 5.75 Å². The van der Waals surface area contributed by atoms with Crippen LogP contribution in [0.3, 0.4) is 0 Å². The number of allylic oxidation sites excluding steroid dienone is 1. The number of hydrogen-bond acceptors (Lipinski definition) is 7. The molecule has 1 aliphatic rings. The van der Waals surface area contributed by atoms with Gasteiger partial charge in [0, 0.05) is 16.5 Å². The molecule has 0 radical (unpaired) electrons. The number of unbranched alkanes of at least 4 members (excludes halogenated alkanes) is 1. The second-order valence-electron chi connectivity index (χ2n) is 8.83. The maximum absolute atomic E-state index is 13.2. The highest BCUT2D eigenvalue weighted by atomic mass is 35.5. The minimum Gasteiger partial charge on any atom is -0.494 e. The zero-order valence-corrected chi connectivity index (χ0v) is 22.5. The highest BCUT2D eigenvalue weighted by molar-refractivity contribution is 7.98. The molecule has 2 aromatic carbocycles. The average Bonchev–Trinajstić information content (AvgIpc) is 3.25. The Labute approximate surface area is 221 Å². The highest BCUT2D eigenvalue weighted by Crippen LogP contribution is 2.38. The molecule has 0 saturated carbocycles. The van der Waals surface area contributed by atoms with Crippen molar-refractivity contribution in [3.05, 3.63) is 76.0 Å². The summed E-state index contributed by atoms with van der Waals surface area (Å²) in [7, 11) is 0. The van der Waals surface area contributed by atoms with E-state index in [1.54, 1.807) is 4.68 Å². The third-order valence-corrected chi connectivity index (χ3v) is 6.93. The van der Waals surface area contributed by atoms with Gasteiger partial charge in [-0.3, -0.25) is 0 Å². The molecule has 7 nitrogen and oxygen atoms in total. The van der Waals surface area contributed by atoms with E-state index in [0.717, 1.165) is 29.7 Å². The number of nitrogens with one attached hydrogen (secondary N) is 1. The van der Waals surface area contributed by atoms with Gasteiger partial charge in [-0.15, -0.1) is 5.10 Å². The van der Waals surface area contributed by atoms with E-state index in [9.17, 15) is 4.79 Å². The number of fused-ring (bicyclic) bond motifs is 1. The van der Waals surface area contributed by atoms with Crippen molar-refractivity contribution in [1.29, 1.82) is 0 Å². The van der Waals surface area contributed by atoms with E-state index in [1.165, 1.54) is 11.8 Å². The molecule has 9 heteroatoms. The van der Waals surface area contributed by atoms with E-state index < -0.39 is 6.04 Å². The fraction of sp³-hybridized carbons (Fsp3) is 0.370. The van der Waals surface area contributed by atoms with Gasteiger partial charge in [0.05, 0.1) is 18.3 Å². The molecule has 2 heterocycles. The smallest absolute Gasteiger partial charge is 0.338 e. The van der Waals surface area contributed by atoms with Crippen molar-refractivity contribution in [2.45, 2.75) is 63.6 Å². The standard InChI is InChI=1S/C27H31ClN4O3S/c1-5-6-15-34-21-13-11-19(12-14-21)24-23(25(33)35-17(2)3)18(4)29-26-30-27(31-32(24)26)36-16-20-9-7-8-10-22(20)28/h7-14,17,24H,5-6,15-16H2,1-4H3,(H,29,30,31). The maximum atomic E-state index is 13.2. The number of nitrogens with zero attached hydrogens (tertiary/aromatic N) is 3. The molecule has 1 unspecified atom stereocenters. The first-order valence-corrected chi connectivity index (χ1v) is 13.5. The SMILES string of the molecule is CCCCOc1ccc(C2C(C(=O)OC(C)C)=C(C)Nc3nc(SCc4ccccc4Cl)nn32)cc1. The first kappa shape index (κ1) is 26.1. The molecule has 0 bridgehead atoms. The number of esters is 1. The number of benzene rings is 2. The van der Waals surface area contributed by atoms with E-state index in [-0.39, 0.29) is 12.1 Å². The molecular formula is C27H31ClN4O3S. The Hall–Kier alpha value is -2.97. The summed E-state index contributed by atoms with van der Waals surface area (Å²) in [6, 6.07) is 15.0. The summed E-state index contributed by atoms with van der Waals surface area (Å²) < 4.78 is 13.2. The number of aromatic nitrogens is 3. The predicted molar refractivity (Wildman–Crippen MR) is 144 cm³/mol. The third-order valence-electron chi connectivity index (χ3n) is 5.67. The summed E-state index contributed by atoms with van der Waals surface area (Å²) in [6.45, 7) is 8.35. The van der Waals surface area contributed by atoms with Crippen LogP contribution in [0.25, 0.3) is 0 Å². The number of rotatable bonds is 10. The Bertz CT molecular complexity index is 1240. The minimum absolute atomic E-state index is 0.244. The van der Waals surface area contributed by atoms with Crippen LogP contribution in [0.4, 0.5) is 5.95 Å². The van der Waals surface area contributed by atoms with Gasteiger partial charge in [-0.25, -0.2) is 9.48 Å². The maximum Gasteiger partial charge on any atom is 0.338 e. The number of carbonyl (C=O) groups is 1. The molecule has 36 heavy (non-hydrogen) atoms. The normalized spacial score (nSPS) is 15.0. The Morgan fingerprint density at radius 2 is 1.94 bits per heavy atom. The van der Waals surface area contributed by atoms with Gasteiger partial charge in [0.25, 0.3) is 0 Å². The summed E-state index contributed by atoms with van der Waals surface area (Å²) in [5.41, 5.74) is 3.10. The molecule has 0 amide bonds. The van der Waals surface area contributed by atoms with Crippen LogP contribution in [0.15, 0.2) is 65.0 Å². The molecule has 0 fully saturated rings. The van der Waals surface area contributed by atoms with Crippen LogP contribution in [0, 0.1) is 0 Å². The Morgan fingerprint density at radius 1 is 1.19 bits per heavy atom. The van der Waals surface area contributed by atoms with Crippen LogP contribution >= 0.6 is 23.4 Å². The lowest BCUT2D eigenvalue weighted by Gasteiger charge is -2.28. The monoisotopic (exact) mass is 526 g/mol. The molecule has 1 aromatic heterocycles. The Morgan fingerprint density at radius 3 is 2.64 bits per heavy atom. The van der Waals surface area contributed by atoms with Gasteiger partial charge in [-0.1, -0.05) is 67.0 Å². The second-order valence-corrected chi connectivity index (χ2v) is 10.2. The van der Waals surface area contributed by atoms with Crippen molar-refractivity contribution >= 4 is 35.3 Å². The summed E-state index contributed by atoms with van der Waals surface area (Å²) in [6.07, 6.45) is 1.83. The van der Waals surface area contributed by atoms with Gasteiger partial charge < -0.3 is 14.8 Å². The van der Waals surface area contributed by atoms with Gasteiger partial charge in [0.2, 0.25) is 11.1 Å². The molecule has 1 atom stereocenters. The van der Waals surface area contributed by atoms with Crippen molar-refractivity contribution in [2.75, 3.05) is 11.9 Å². The van der Waals surface area contributed by atoms with Gasteiger partial charge in [-0.05, 0) is 56.5 Å². The minimum atomic E-state index is -0.487. The number of anilines is 1. The number of hydrogen-bond donors (Lipinski definition) is 1. The van der Waals surface area contributed by atoms with E-state index >= 15 is 0 Å². The van der Waals surface area contributed by atoms with Gasteiger partial charge in [0.1, 0.15) is 11.8 Å². The number of ether oxygens (including phenoxy) is 2. The lowest BCUT2D eigenvalue weighted by Crippen LogP contribution is -2.30. The van der Waals surface area contributed by atoms with Gasteiger partial charge in [0.15, 0.2) is 0 Å². The Balaban J connectivity index is 1.65. The average molecular weight is 527 g/mol. The Kier molecular flexibility index (Phi) is 8.59. The molecule has 4 rings (SSSR count). The van der Waals surface area contributed by atoms with Gasteiger partial charge in [-0.2, -0.15) is 4.98 Å². The fourth-order valence-corrected chi connectivity index (χ4v) is 5.00. The molecule has 0 spiro atoms. The van der Waals surface area contributed by atoms with Gasteiger partial charge >= 0.3 is 5.97 Å². The first-order valence-electron chi connectivity index (χ1n) is 12.1. The number of halogens is 1. The topological polar surface area (TPSA) is 78.3 Å². The second kappa shape index (κ2) is 11.8. The zero-order chi connectivity index (χ0) is 25.7. The third kappa shape index (κ3) is 6.05.